The van der Waals surface area contributed by atoms with Crippen molar-refractivity contribution >= 4 is 52.2 Å². The summed E-state index contributed by atoms with van der Waals surface area (Å²) in [6.45, 7) is 2.38. The highest BCUT2D eigenvalue weighted by atomic mass is 127. The molecule has 1 heterocycles. The Morgan fingerprint density at radius 3 is 2.34 bits per heavy atom. The molecule has 0 unspecified atom stereocenters. The van der Waals surface area contributed by atoms with E-state index in [9.17, 15) is 14.4 Å². The first kappa shape index (κ1) is 24.5. The quantitative estimate of drug-likeness (QED) is 0.238. The SMILES string of the molecule is CCc1ccc(N2C(=O)NC(=O)/C(=C/c3cc(I)c(OCc4ccccc4)c(OC)c3)C2=O)cc1. The molecule has 0 atom stereocenters. The second kappa shape index (κ2) is 10.7. The zero-order valence-corrected chi connectivity index (χ0v) is 21.4. The average molecular weight is 582 g/mol. The number of methoxy groups -OCH3 is 1. The van der Waals surface area contributed by atoms with Gasteiger partial charge in [-0.15, -0.1) is 0 Å². The van der Waals surface area contributed by atoms with Crippen LogP contribution in [0.15, 0.2) is 72.3 Å². The summed E-state index contributed by atoms with van der Waals surface area (Å²) < 4.78 is 12.3. The van der Waals surface area contributed by atoms with Crippen LogP contribution in [0.2, 0.25) is 0 Å². The van der Waals surface area contributed by atoms with Crippen molar-refractivity contribution in [3.05, 3.63) is 92.6 Å². The summed E-state index contributed by atoms with van der Waals surface area (Å²) in [5.41, 5.74) is 2.88. The second-order valence-corrected chi connectivity index (χ2v) is 8.95. The number of benzene rings is 3. The van der Waals surface area contributed by atoms with E-state index in [-0.39, 0.29) is 5.57 Å². The van der Waals surface area contributed by atoms with Crippen molar-refractivity contribution in [2.24, 2.45) is 0 Å². The predicted molar refractivity (Wildman–Crippen MR) is 141 cm³/mol. The first-order chi connectivity index (χ1) is 16.9. The van der Waals surface area contributed by atoms with Gasteiger partial charge in [0.15, 0.2) is 11.5 Å². The number of hydrogen-bond donors (Lipinski definition) is 1. The Balaban J connectivity index is 1.63. The molecule has 4 amide bonds. The molecule has 0 spiro atoms. The van der Waals surface area contributed by atoms with Gasteiger partial charge in [0.2, 0.25) is 0 Å². The number of carbonyl (C=O) groups excluding carboxylic acids is 3. The van der Waals surface area contributed by atoms with Crippen molar-refractivity contribution in [1.82, 2.24) is 5.32 Å². The van der Waals surface area contributed by atoms with Gasteiger partial charge < -0.3 is 9.47 Å². The zero-order chi connectivity index (χ0) is 24.9. The summed E-state index contributed by atoms with van der Waals surface area (Å²) in [6, 6.07) is 19.5. The van der Waals surface area contributed by atoms with E-state index >= 15 is 0 Å². The topological polar surface area (TPSA) is 84.9 Å². The first-order valence-corrected chi connectivity index (χ1v) is 12.0. The summed E-state index contributed by atoms with van der Waals surface area (Å²) >= 11 is 2.12. The number of ether oxygens (including phenoxy) is 2. The van der Waals surface area contributed by atoms with E-state index in [1.165, 1.54) is 13.2 Å². The van der Waals surface area contributed by atoms with Gasteiger partial charge in [0.25, 0.3) is 11.8 Å². The minimum atomic E-state index is -0.779. The van der Waals surface area contributed by atoms with E-state index in [1.807, 2.05) is 49.4 Å². The normalized spacial score (nSPS) is 14.8. The monoisotopic (exact) mass is 582 g/mol. The number of urea groups is 1. The molecular formula is C27H23IN2O5. The molecule has 0 radical (unpaired) electrons. The lowest BCUT2D eigenvalue weighted by Crippen LogP contribution is -2.54. The molecule has 178 valence electrons. The van der Waals surface area contributed by atoms with E-state index in [4.69, 9.17) is 9.47 Å². The number of barbiturate groups is 1. The number of carbonyl (C=O) groups is 3. The number of imide groups is 2. The molecule has 0 bridgehead atoms. The fourth-order valence-corrected chi connectivity index (χ4v) is 4.41. The van der Waals surface area contributed by atoms with Gasteiger partial charge in [0, 0.05) is 0 Å². The molecule has 1 N–H and O–H groups in total. The van der Waals surface area contributed by atoms with Crippen LogP contribution in [0.4, 0.5) is 10.5 Å². The summed E-state index contributed by atoms with van der Waals surface area (Å²) in [4.78, 5) is 39.2. The lowest BCUT2D eigenvalue weighted by molar-refractivity contribution is -0.122. The van der Waals surface area contributed by atoms with Crippen LogP contribution in [-0.2, 0) is 22.6 Å². The van der Waals surface area contributed by atoms with Crippen LogP contribution in [0.25, 0.3) is 6.08 Å². The van der Waals surface area contributed by atoms with Crippen molar-refractivity contribution in [2.75, 3.05) is 12.0 Å². The third kappa shape index (κ3) is 5.37. The number of rotatable bonds is 7. The third-order valence-corrected chi connectivity index (χ3v) is 6.29. The maximum atomic E-state index is 13.2. The zero-order valence-electron chi connectivity index (χ0n) is 19.2. The molecule has 7 nitrogen and oxygen atoms in total. The largest absolute Gasteiger partial charge is 0.493 e. The first-order valence-electron chi connectivity index (χ1n) is 11.0. The van der Waals surface area contributed by atoms with E-state index in [0.717, 1.165) is 26.0 Å². The molecule has 0 aromatic heterocycles. The van der Waals surface area contributed by atoms with E-state index in [1.54, 1.807) is 24.3 Å². The molecule has 1 fully saturated rings. The lowest BCUT2D eigenvalue weighted by Gasteiger charge is -2.26. The van der Waals surface area contributed by atoms with Crippen molar-refractivity contribution in [1.29, 1.82) is 0 Å². The molecule has 4 rings (SSSR count). The minimum Gasteiger partial charge on any atom is -0.493 e. The van der Waals surface area contributed by atoms with Gasteiger partial charge in [-0.2, -0.15) is 0 Å². The Hall–Kier alpha value is -3.66. The molecule has 0 aliphatic carbocycles. The van der Waals surface area contributed by atoms with Crippen LogP contribution in [0, 0.1) is 3.57 Å². The molecule has 0 saturated carbocycles. The molecule has 3 aromatic rings. The van der Waals surface area contributed by atoms with Crippen LogP contribution in [0.5, 0.6) is 11.5 Å². The number of halogens is 1. The number of hydrogen-bond acceptors (Lipinski definition) is 5. The average Bonchev–Trinajstić information content (AvgIpc) is 2.86. The van der Waals surface area contributed by atoms with Gasteiger partial charge in [0.05, 0.1) is 16.4 Å². The van der Waals surface area contributed by atoms with Gasteiger partial charge >= 0.3 is 6.03 Å². The summed E-state index contributed by atoms with van der Waals surface area (Å²) in [5, 5.41) is 2.25. The second-order valence-electron chi connectivity index (χ2n) is 7.79. The fraction of sp³-hybridized carbons (Fsp3) is 0.148. The van der Waals surface area contributed by atoms with Gasteiger partial charge in [-0.1, -0.05) is 49.4 Å². The summed E-state index contributed by atoms with van der Waals surface area (Å²) in [5.74, 6) is -0.418. The Morgan fingerprint density at radius 1 is 0.971 bits per heavy atom. The van der Waals surface area contributed by atoms with Crippen molar-refractivity contribution in [3.8, 4) is 11.5 Å². The maximum Gasteiger partial charge on any atom is 0.335 e. The van der Waals surface area contributed by atoms with Crippen LogP contribution < -0.4 is 19.7 Å². The van der Waals surface area contributed by atoms with Gasteiger partial charge in [-0.05, 0) is 76.0 Å². The molecule has 1 aliphatic heterocycles. The fourth-order valence-electron chi connectivity index (χ4n) is 3.63. The smallest absolute Gasteiger partial charge is 0.335 e. The lowest BCUT2D eigenvalue weighted by atomic mass is 10.1. The number of anilines is 1. The number of aryl methyl sites for hydroxylation is 1. The Labute approximate surface area is 216 Å². The van der Waals surface area contributed by atoms with Crippen LogP contribution >= 0.6 is 22.6 Å². The van der Waals surface area contributed by atoms with E-state index in [0.29, 0.717) is 29.4 Å². The van der Waals surface area contributed by atoms with Gasteiger partial charge in [-0.3, -0.25) is 14.9 Å². The Morgan fingerprint density at radius 2 is 1.69 bits per heavy atom. The molecule has 1 aliphatic rings. The van der Waals surface area contributed by atoms with Gasteiger partial charge in [-0.25, -0.2) is 9.69 Å². The van der Waals surface area contributed by atoms with E-state index < -0.39 is 17.8 Å². The Bertz CT molecular complexity index is 1300. The molecule has 35 heavy (non-hydrogen) atoms. The van der Waals surface area contributed by atoms with Crippen LogP contribution in [0.1, 0.15) is 23.6 Å². The molecule has 1 saturated heterocycles. The summed E-state index contributed by atoms with van der Waals surface area (Å²) in [6.07, 6.45) is 2.28. The number of nitrogens with zero attached hydrogens (tertiary/aromatic N) is 1. The van der Waals surface area contributed by atoms with Crippen molar-refractivity contribution in [3.63, 3.8) is 0 Å². The molecular weight excluding hydrogens is 559 g/mol. The minimum absolute atomic E-state index is 0.153. The van der Waals surface area contributed by atoms with Gasteiger partial charge in [0.1, 0.15) is 12.2 Å². The predicted octanol–water partition coefficient (Wildman–Crippen LogP) is 5.11. The maximum absolute atomic E-state index is 13.2. The highest BCUT2D eigenvalue weighted by Crippen LogP contribution is 2.35. The third-order valence-electron chi connectivity index (χ3n) is 5.49. The summed E-state index contributed by atoms with van der Waals surface area (Å²) in [7, 11) is 1.52. The Kier molecular flexibility index (Phi) is 7.50. The van der Waals surface area contributed by atoms with Crippen LogP contribution in [-0.4, -0.2) is 25.0 Å². The highest BCUT2D eigenvalue weighted by Gasteiger charge is 2.36. The van der Waals surface area contributed by atoms with Crippen molar-refractivity contribution in [2.45, 2.75) is 20.0 Å². The number of amides is 4. The highest BCUT2D eigenvalue weighted by molar-refractivity contribution is 14.1. The molecule has 8 heteroatoms. The van der Waals surface area contributed by atoms with Crippen LogP contribution in [0.3, 0.4) is 0 Å². The molecule has 3 aromatic carbocycles. The van der Waals surface area contributed by atoms with E-state index in [2.05, 4.69) is 27.9 Å². The van der Waals surface area contributed by atoms with Crippen molar-refractivity contribution < 1.29 is 23.9 Å². The number of nitrogens with one attached hydrogen (secondary N) is 1. The standard InChI is InChI=1S/C27H23IN2O5/c1-3-17-9-11-20(12-10-17)30-26(32)21(25(31)29-27(30)33)13-19-14-22(28)24(23(15-19)34-2)35-16-18-7-5-4-6-8-18/h4-15H,3,16H2,1-2H3,(H,29,31,33)/b21-13-.